The number of hydrogen-bond donors (Lipinski definition) is 2. The Bertz CT molecular complexity index is 559. The Morgan fingerprint density at radius 2 is 2.12 bits per heavy atom. The lowest BCUT2D eigenvalue weighted by molar-refractivity contribution is -0.126. The van der Waals surface area contributed by atoms with E-state index in [1.54, 1.807) is 4.90 Å². The maximum absolute atomic E-state index is 12.4. The summed E-state index contributed by atoms with van der Waals surface area (Å²) in [6.07, 6.45) is 2.79. The van der Waals surface area contributed by atoms with Crippen LogP contribution in [0.4, 0.5) is 0 Å². The Morgan fingerprint density at radius 3 is 2.83 bits per heavy atom. The summed E-state index contributed by atoms with van der Waals surface area (Å²) in [6, 6.07) is 3.67. The molecule has 1 fully saturated rings. The number of piperidine rings is 1. The quantitative estimate of drug-likeness (QED) is 0.784. The van der Waals surface area contributed by atoms with Gasteiger partial charge >= 0.3 is 0 Å². The number of nitrogens with zero attached hydrogens (tertiary/aromatic N) is 1. The highest BCUT2D eigenvalue weighted by molar-refractivity contribution is 7.12. The van der Waals surface area contributed by atoms with E-state index in [1.807, 2.05) is 24.4 Å². The van der Waals surface area contributed by atoms with Gasteiger partial charge in [-0.15, -0.1) is 11.3 Å². The van der Waals surface area contributed by atoms with E-state index in [2.05, 4.69) is 10.6 Å². The molecule has 1 unspecified atom stereocenters. The highest BCUT2D eigenvalue weighted by atomic mass is 32.1. The number of likely N-dealkylation sites (tertiary alicyclic amines) is 1. The van der Waals surface area contributed by atoms with Gasteiger partial charge in [-0.3, -0.25) is 14.4 Å². The Morgan fingerprint density at radius 1 is 1.29 bits per heavy atom. The fourth-order valence-corrected chi connectivity index (χ4v) is 3.42. The molecule has 1 saturated heterocycles. The average molecular weight is 351 g/mol. The van der Waals surface area contributed by atoms with Crippen molar-refractivity contribution in [2.45, 2.75) is 32.6 Å². The fourth-order valence-electron chi connectivity index (χ4n) is 2.73. The molecule has 0 aromatic carbocycles. The van der Waals surface area contributed by atoms with E-state index < -0.39 is 0 Å². The smallest absolute Gasteiger partial charge is 0.263 e. The van der Waals surface area contributed by atoms with E-state index in [0.717, 1.165) is 19.3 Å². The van der Waals surface area contributed by atoms with Crippen LogP contribution in [0.25, 0.3) is 0 Å². The lowest BCUT2D eigenvalue weighted by Crippen LogP contribution is -2.45. The van der Waals surface area contributed by atoms with Crippen molar-refractivity contribution in [3.63, 3.8) is 0 Å². The van der Waals surface area contributed by atoms with Crippen LogP contribution in [-0.4, -0.2) is 48.8 Å². The van der Waals surface area contributed by atoms with E-state index in [4.69, 9.17) is 0 Å². The van der Waals surface area contributed by atoms with Gasteiger partial charge in [0, 0.05) is 32.6 Å². The number of carbonyl (C=O) groups is 3. The van der Waals surface area contributed by atoms with E-state index in [-0.39, 0.29) is 30.1 Å². The molecule has 1 aliphatic rings. The van der Waals surface area contributed by atoms with Gasteiger partial charge in [0.1, 0.15) is 0 Å². The average Bonchev–Trinajstić information content (AvgIpc) is 3.14. The summed E-state index contributed by atoms with van der Waals surface area (Å²) in [5, 5.41) is 7.48. The molecule has 132 valence electrons. The minimum Gasteiger partial charge on any atom is -0.356 e. The molecule has 6 nitrogen and oxygen atoms in total. The molecule has 1 aromatic rings. The summed E-state index contributed by atoms with van der Waals surface area (Å²) in [7, 11) is 0. The first-order valence-corrected chi connectivity index (χ1v) is 9.37. The molecule has 0 radical (unpaired) electrons. The van der Waals surface area contributed by atoms with Gasteiger partial charge in [-0.2, -0.15) is 0 Å². The molecule has 2 heterocycles. The molecule has 1 aromatic heterocycles. The SMILES string of the molecule is CCCNC(=O)CCNC(=O)C1CCCN(C(=O)c2cccs2)C1. The first-order chi connectivity index (χ1) is 11.6. The molecule has 0 aliphatic carbocycles. The van der Waals surface area contributed by atoms with Crippen molar-refractivity contribution in [3.05, 3.63) is 22.4 Å². The lowest BCUT2D eigenvalue weighted by Gasteiger charge is -2.31. The van der Waals surface area contributed by atoms with Crippen LogP contribution in [0, 0.1) is 5.92 Å². The standard InChI is InChI=1S/C17H25N3O3S/c1-2-8-18-15(21)7-9-19-16(22)13-5-3-10-20(12-13)17(23)14-6-4-11-24-14/h4,6,11,13H,2-3,5,7-10,12H2,1H3,(H,18,21)(H,19,22). The van der Waals surface area contributed by atoms with Crippen molar-refractivity contribution < 1.29 is 14.4 Å². The van der Waals surface area contributed by atoms with Crippen LogP contribution in [0.15, 0.2) is 17.5 Å². The first kappa shape index (κ1) is 18.4. The maximum atomic E-state index is 12.4. The maximum Gasteiger partial charge on any atom is 0.263 e. The summed E-state index contributed by atoms with van der Waals surface area (Å²) in [5.41, 5.74) is 0. The fraction of sp³-hybridized carbons (Fsp3) is 0.588. The van der Waals surface area contributed by atoms with Gasteiger partial charge < -0.3 is 15.5 Å². The zero-order chi connectivity index (χ0) is 17.4. The molecule has 7 heteroatoms. The van der Waals surface area contributed by atoms with Crippen molar-refractivity contribution in [1.82, 2.24) is 15.5 Å². The lowest BCUT2D eigenvalue weighted by atomic mass is 9.97. The molecule has 0 bridgehead atoms. The second-order valence-corrected chi connectivity index (χ2v) is 6.91. The molecule has 1 atom stereocenters. The second-order valence-electron chi connectivity index (χ2n) is 5.96. The van der Waals surface area contributed by atoms with E-state index in [1.165, 1.54) is 11.3 Å². The van der Waals surface area contributed by atoms with Crippen molar-refractivity contribution >= 4 is 29.1 Å². The number of hydrogen-bond acceptors (Lipinski definition) is 4. The third-order valence-corrected chi connectivity index (χ3v) is 4.89. The molecule has 2 rings (SSSR count). The van der Waals surface area contributed by atoms with Crippen LogP contribution < -0.4 is 10.6 Å². The van der Waals surface area contributed by atoms with E-state index in [9.17, 15) is 14.4 Å². The van der Waals surface area contributed by atoms with Gasteiger partial charge in [0.25, 0.3) is 5.91 Å². The summed E-state index contributed by atoms with van der Waals surface area (Å²) < 4.78 is 0. The third-order valence-electron chi connectivity index (χ3n) is 4.03. The zero-order valence-electron chi connectivity index (χ0n) is 14.0. The van der Waals surface area contributed by atoms with Crippen molar-refractivity contribution in [2.75, 3.05) is 26.2 Å². The Hall–Kier alpha value is -1.89. The van der Waals surface area contributed by atoms with Gasteiger partial charge in [-0.1, -0.05) is 13.0 Å². The predicted molar refractivity (Wildman–Crippen MR) is 93.9 cm³/mol. The highest BCUT2D eigenvalue weighted by Gasteiger charge is 2.29. The third kappa shape index (κ3) is 5.33. The second kappa shape index (κ2) is 9.42. The predicted octanol–water partition coefficient (Wildman–Crippen LogP) is 1.63. The van der Waals surface area contributed by atoms with Gasteiger partial charge in [0.05, 0.1) is 10.8 Å². The molecule has 2 N–H and O–H groups in total. The summed E-state index contributed by atoms with van der Waals surface area (Å²) >= 11 is 1.42. The molecular weight excluding hydrogens is 326 g/mol. The van der Waals surface area contributed by atoms with Gasteiger partial charge in [0.2, 0.25) is 11.8 Å². The number of amides is 3. The van der Waals surface area contributed by atoms with Crippen LogP contribution in [-0.2, 0) is 9.59 Å². The van der Waals surface area contributed by atoms with Crippen LogP contribution in [0.5, 0.6) is 0 Å². The summed E-state index contributed by atoms with van der Waals surface area (Å²) in [6.45, 7) is 4.14. The summed E-state index contributed by atoms with van der Waals surface area (Å²) in [5.74, 6) is -0.305. The van der Waals surface area contributed by atoms with Crippen LogP contribution in [0.1, 0.15) is 42.3 Å². The monoisotopic (exact) mass is 351 g/mol. The van der Waals surface area contributed by atoms with E-state index in [0.29, 0.717) is 31.1 Å². The van der Waals surface area contributed by atoms with Crippen LogP contribution >= 0.6 is 11.3 Å². The zero-order valence-corrected chi connectivity index (χ0v) is 14.9. The highest BCUT2D eigenvalue weighted by Crippen LogP contribution is 2.20. The number of rotatable bonds is 7. The number of carbonyl (C=O) groups excluding carboxylic acids is 3. The molecule has 0 spiro atoms. The minimum absolute atomic E-state index is 0.00134. The van der Waals surface area contributed by atoms with Crippen molar-refractivity contribution in [1.29, 1.82) is 0 Å². The Labute approximate surface area is 146 Å². The van der Waals surface area contributed by atoms with E-state index >= 15 is 0 Å². The van der Waals surface area contributed by atoms with Crippen LogP contribution in [0.2, 0.25) is 0 Å². The molecule has 3 amide bonds. The Kier molecular flexibility index (Phi) is 7.24. The van der Waals surface area contributed by atoms with Crippen LogP contribution in [0.3, 0.4) is 0 Å². The molecule has 0 saturated carbocycles. The number of nitrogens with one attached hydrogen (secondary N) is 2. The number of thiophene rings is 1. The Balaban J connectivity index is 1.76. The normalized spacial score (nSPS) is 17.4. The van der Waals surface area contributed by atoms with Crippen molar-refractivity contribution in [2.24, 2.45) is 5.92 Å². The topological polar surface area (TPSA) is 78.5 Å². The minimum atomic E-state index is -0.193. The van der Waals surface area contributed by atoms with Crippen molar-refractivity contribution in [3.8, 4) is 0 Å². The van der Waals surface area contributed by atoms with Gasteiger partial charge in [-0.05, 0) is 30.7 Å². The van der Waals surface area contributed by atoms with Gasteiger partial charge in [-0.25, -0.2) is 0 Å². The largest absolute Gasteiger partial charge is 0.356 e. The molecule has 1 aliphatic heterocycles. The van der Waals surface area contributed by atoms with Gasteiger partial charge in [0.15, 0.2) is 0 Å². The molecule has 24 heavy (non-hydrogen) atoms. The first-order valence-electron chi connectivity index (χ1n) is 8.49. The molecular formula is C17H25N3O3S. The summed E-state index contributed by atoms with van der Waals surface area (Å²) in [4.78, 5) is 38.6.